The van der Waals surface area contributed by atoms with Crippen LogP contribution in [0.25, 0.3) is 0 Å². The number of rotatable bonds is 4. The Bertz CT molecular complexity index is 46.8. The van der Waals surface area contributed by atoms with Crippen molar-refractivity contribution >= 4 is 0 Å². The standard InChI is InChI=1S/C5H11NO.2C2H6/c1-2-3-4-5-7-6;2*1-2/h2H,1,3-6H2;2*1-2H3. The van der Waals surface area contributed by atoms with Crippen molar-refractivity contribution in [2.24, 2.45) is 5.90 Å². The molecule has 0 rings (SSSR count). The first-order valence-corrected chi connectivity index (χ1v) is 4.34. The van der Waals surface area contributed by atoms with Gasteiger partial charge in [-0.1, -0.05) is 33.8 Å². The third-order valence-corrected chi connectivity index (χ3v) is 0.670. The molecule has 0 aliphatic heterocycles. The Hall–Kier alpha value is -0.340. The van der Waals surface area contributed by atoms with Crippen LogP contribution in [0.5, 0.6) is 0 Å². The SMILES string of the molecule is C=CCCCON.CC.CC. The second-order valence-corrected chi connectivity index (χ2v) is 1.30. The van der Waals surface area contributed by atoms with Crippen LogP contribution in [0.3, 0.4) is 0 Å². The van der Waals surface area contributed by atoms with E-state index in [0.29, 0.717) is 6.61 Å². The number of unbranched alkanes of at least 4 members (excludes halogenated alkanes) is 1. The minimum absolute atomic E-state index is 0.631. The topological polar surface area (TPSA) is 35.2 Å². The van der Waals surface area contributed by atoms with E-state index in [2.05, 4.69) is 11.4 Å². The minimum Gasteiger partial charge on any atom is -0.305 e. The smallest absolute Gasteiger partial charge is 0.0682 e. The van der Waals surface area contributed by atoms with Gasteiger partial charge in [0.2, 0.25) is 0 Å². The maximum absolute atomic E-state index is 4.73. The molecule has 2 N–H and O–H groups in total. The van der Waals surface area contributed by atoms with Gasteiger partial charge in [-0.3, -0.25) is 0 Å². The van der Waals surface area contributed by atoms with Crippen molar-refractivity contribution in [2.75, 3.05) is 6.61 Å². The quantitative estimate of drug-likeness (QED) is 0.391. The molecule has 0 unspecified atom stereocenters. The van der Waals surface area contributed by atoms with E-state index in [4.69, 9.17) is 5.90 Å². The van der Waals surface area contributed by atoms with Crippen molar-refractivity contribution in [1.82, 2.24) is 0 Å². The number of allylic oxidation sites excluding steroid dienone is 1. The van der Waals surface area contributed by atoms with Crippen molar-refractivity contribution in [3.63, 3.8) is 0 Å². The molecule has 0 bridgehead atoms. The van der Waals surface area contributed by atoms with Crippen LogP contribution < -0.4 is 5.90 Å². The fourth-order valence-electron chi connectivity index (χ4n) is 0.311. The molecule has 2 nitrogen and oxygen atoms in total. The summed E-state index contributed by atoms with van der Waals surface area (Å²) in [6.45, 7) is 12.2. The van der Waals surface area contributed by atoms with E-state index < -0.39 is 0 Å². The molecule has 0 aromatic heterocycles. The molecule has 0 atom stereocenters. The highest BCUT2D eigenvalue weighted by Crippen LogP contribution is 1.86. The van der Waals surface area contributed by atoms with Crippen LogP contribution in [0.4, 0.5) is 0 Å². The predicted octanol–water partition coefficient (Wildman–Crippen LogP) is 2.90. The second kappa shape index (κ2) is 33.4. The number of nitrogens with two attached hydrogens (primary N) is 1. The fourth-order valence-corrected chi connectivity index (χ4v) is 0.311. The molecule has 0 fully saturated rings. The predicted molar refractivity (Wildman–Crippen MR) is 52.3 cm³/mol. The molecule has 0 aromatic rings. The summed E-state index contributed by atoms with van der Waals surface area (Å²) in [6, 6.07) is 0. The Balaban J connectivity index is -0.000000138. The van der Waals surface area contributed by atoms with Crippen LogP contribution in [0, 0.1) is 0 Å². The Morgan fingerprint density at radius 3 is 2.00 bits per heavy atom. The molecule has 0 amide bonds. The molecule has 0 aliphatic rings. The van der Waals surface area contributed by atoms with E-state index in [1.165, 1.54) is 0 Å². The molecule has 0 spiro atoms. The summed E-state index contributed by atoms with van der Waals surface area (Å²) in [5, 5.41) is 0. The lowest BCUT2D eigenvalue weighted by atomic mass is 10.3. The number of hydrogen-bond acceptors (Lipinski definition) is 2. The van der Waals surface area contributed by atoms with E-state index in [-0.39, 0.29) is 0 Å². The summed E-state index contributed by atoms with van der Waals surface area (Å²) >= 11 is 0. The highest BCUT2D eigenvalue weighted by Gasteiger charge is 1.77. The zero-order valence-electron chi connectivity index (χ0n) is 8.39. The van der Waals surface area contributed by atoms with Gasteiger partial charge in [-0.05, 0) is 12.8 Å². The Labute approximate surface area is 71.4 Å². The molecular weight excluding hydrogens is 138 g/mol. The first-order valence-electron chi connectivity index (χ1n) is 4.34. The highest BCUT2D eigenvalue weighted by atomic mass is 16.6. The van der Waals surface area contributed by atoms with Crippen LogP contribution in [0.15, 0.2) is 12.7 Å². The van der Waals surface area contributed by atoms with E-state index in [1.807, 2.05) is 33.8 Å². The minimum atomic E-state index is 0.631. The average Bonchev–Trinajstić information content (AvgIpc) is 2.13. The van der Waals surface area contributed by atoms with Gasteiger partial charge in [-0.15, -0.1) is 6.58 Å². The summed E-state index contributed by atoms with van der Waals surface area (Å²) in [6.07, 6.45) is 3.80. The van der Waals surface area contributed by atoms with E-state index in [9.17, 15) is 0 Å². The molecular formula is C9H23NO. The zero-order chi connectivity index (χ0) is 9.54. The van der Waals surface area contributed by atoms with Gasteiger partial charge in [0.05, 0.1) is 6.61 Å². The maximum Gasteiger partial charge on any atom is 0.0682 e. The van der Waals surface area contributed by atoms with E-state index in [1.54, 1.807) is 0 Å². The summed E-state index contributed by atoms with van der Waals surface area (Å²) in [5.74, 6) is 4.73. The van der Waals surface area contributed by atoms with Gasteiger partial charge in [-0.2, -0.15) is 0 Å². The first-order chi connectivity index (χ1) is 5.41. The van der Waals surface area contributed by atoms with E-state index in [0.717, 1.165) is 12.8 Å². The van der Waals surface area contributed by atoms with Crippen molar-refractivity contribution in [3.05, 3.63) is 12.7 Å². The normalized spacial score (nSPS) is 6.64. The van der Waals surface area contributed by atoms with Crippen LogP contribution in [0.2, 0.25) is 0 Å². The molecule has 0 aromatic carbocycles. The van der Waals surface area contributed by atoms with Gasteiger partial charge in [0.1, 0.15) is 0 Å². The van der Waals surface area contributed by atoms with Gasteiger partial charge >= 0.3 is 0 Å². The molecule has 0 saturated carbocycles. The third kappa shape index (κ3) is 42.3. The van der Waals surface area contributed by atoms with Crippen molar-refractivity contribution in [1.29, 1.82) is 0 Å². The Kier molecular flexibility index (Phi) is 51.4. The lowest BCUT2D eigenvalue weighted by molar-refractivity contribution is 0.136. The first kappa shape index (κ1) is 17.0. The average molecular weight is 161 g/mol. The van der Waals surface area contributed by atoms with Gasteiger partial charge < -0.3 is 4.84 Å². The van der Waals surface area contributed by atoms with Gasteiger partial charge in [0.25, 0.3) is 0 Å². The molecule has 0 saturated heterocycles. The van der Waals surface area contributed by atoms with Gasteiger partial charge in [0, 0.05) is 0 Å². The lowest BCUT2D eigenvalue weighted by Gasteiger charge is -1.89. The fraction of sp³-hybridized carbons (Fsp3) is 0.778. The third-order valence-electron chi connectivity index (χ3n) is 0.670. The molecule has 2 heteroatoms. The monoisotopic (exact) mass is 161 g/mol. The second-order valence-electron chi connectivity index (χ2n) is 1.30. The zero-order valence-corrected chi connectivity index (χ0v) is 8.39. The molecule has 0 heterocycles. The largest absolute Gasteiger partial charge is 0.305 e. The Morgan fingerprint density at radius 1 is 1.27 bits per heavy atom. The van der Waals surface area contributed by atoms with Crippen molar-refractivity contribution in [2.45, 2.75) is 40.5 Å². The van der Waals surface area contributed by atoms with Crippen LogP contribution in [-0.2, 0) is 4.84 Å². The van der Waals surface area contributed by atoms with Gasteiger partial charge in [-0.25, -0.2) is 5.90 Å². The van der Waals surface area contributed by atoms with Gasteiger partial charge in [0.15, 0.2) is 0 Å². The summed E-state index contributed by atoms with van der Waals surface area (Å²) in [4.78, 5) is 4.30. The number of hydrogen-bond donors (Lipinski definition) is 1. The van der Waals surface area contributed by atoms with Crippen LogP contribution in [-0.4, -0.2) is 6.61 Å². The maximum atomic E-state index is 4.73. The van der Waals surface area contributed by atoms with E-state index >= 15 is 0 Å². The summed E-state index contributed by atoms with van der Waals surface area (Å²) < 4.78 is 0. The Morgan fingerprint density at radius 2 is 1.73 bits per heavy atom. The summed E-state index contributed by atoms with van der Waals surface area (Å²) in [7, 11) is 0. The van der Waals surface area contributed by atoms with Crippen LogP contribution in [0.1, 0.15) is 40.5 Å². The highest BCUT2D eigenvalue weighted by molar-refractivity contribution is 4.64. The van der Waals surface area contributed by atoms with Crippen molar-refractivity contribution in [3.8, 4) is 0 Å². The molecule has 70 valence electrons. The molecule has 11 heavy (non-hydrogen) atoms. The molecule has 0 aliphatic carbocycles. The lowest BCUT2D eigenvalue weighted by Crippen LogP contribution is -1.99. The molecule has 0 radical (unpaired) electrons. The summed E-state index contributed by atoms with van der Waals surface area (Å²) in [5.41, 5.74) is 0. The van der Waals surface area contributed by atoms with Crippen molar-refractivity contribution < 1.29 is 4.84 Å². The van der Waals surface area contributed by atoms with Crippen LogP contribution >= 0.6 is 0 Å².